The Balaban J connectivity index is 2.85. The van der Waals surface area contributed by atoms with Gasteiger partial charge in [0.15, 0.2) is 6.10 Å². The lowest BCUT2D eigenvalue weighted by molar-refractivity contribution is -0.139. The first-order valence-electron chi connectivity index (χ1n) is 7.45. The van der Waals surface area contributed by atoms with Gasteiger partial charge in [0.2, 0.25) is 0 Å². The molecule has 5 nitrogen and oxygen atoms in total. The molecule has 1 amide bonds. The second-order valence-electron chi connectivity index (χ2n) is 5.79. The van der Waals surface area contributed by atoms with Crippen molar-refractivity contribution in [3.8, 4) is 11.8 Å². The topological polar surface area (TPSA) is 73.6 Å². The van der Waals surface area contributed by atoms with Gasteiger partial charge in [-0.25, -0.2) is 0 Å². The van der Waals surface area contributed by atoms with Crippen molar-refractivity contribution in [2.24, 2.45) is 5.92 Å². The van der Waals surface area contributed by atoms with Crippen LogP contribution >= 0.6 is 0 Å². The molecule has 0 heterocycles. The molecule has 0 aliphatic rings. The first-order chi connectivity index (χ1) is 10.4. The van der Waals surface area contributed by atoms with Gasteiger partial charge in [-0.15, -0.1) is 0 Å². The van der Waals surface area contributed by atoms with Crippen LogP contribution in [-0.2, 0) is 4.79 Å². The van der Waals surface area contributed by atoms with Crippen LogP contribution in [0.25, 0.3) is 0 Å². The van der Waals surface area contributed by atoms with E-state index in [9.17, 15) is 9.90 Å². The predicted octanol–water partition coefficient (Wildman–Crippen LogP) is 2.19. The highest BCUT2D eigenvalue weighted by atomic mass is 16.5. The third kappa shape index (κ3) is 5.05. The molecule has 0 bridgehead atoms. The summed E-state index contributed by atoms with van der Waals surface area (Å²) in [5, 5.41) is 18.4. The SMILES string of the molecule is CC(O)CCN(C)C(=O)C(Oc1ccccc1C#N)C(C)C. The lowest BCUT2D eigenvalue weighted by Gasteiger charge is -2.27. The van der Waals surface area contributed by atoms with Gasteiger partial charge in [-0.3, -0.25) is 4.79 Å². The molecule has 1 aromatic rings. The van der Waals surface area contributed by atoms with Gasteiger partial charge in [0, 0.05) is 13.6 Å². The number of aliphatic hydroxyl groups is 1. The number of aliphatic hydroxyl groups excluding tert-OH is 1. The lowest BCUT2D eigenvalue weighted by atomic mass is 10.1. The first kappa shape index (κ1) is 18.0. The van der Waals surface area contributed by atoms with Crippen LogP contribution in [0.2, 0.25) is 0 Å². The van der Waals surface area contributed by atoms with Gasteiger partial charge in [0.05, 0.1) is 11.7 Å². The lowest BCUT2D eigenvalue weighted by Crippen LogP contribution is -2.43. The number of nitriles is 1. The molecule has 1 aromatic carbocycles. The third-order valence-corrected chi connectivity index (χ3v) is 3.37. The molecular weight excluding hydrogens is 280 g/mol. The minimum absolute atomic E-state index is 0.0340. The van der Waals surface area contributed by atoms with Gasteiger partial charge in [-0.1, -0.05) is 26.0 Å². The molecule has 0 radical (unpaired) electrons. The second-order valence-corrected chi connectivity index (χ2v) is 5.79. The quantitative estimate of drug-likeness (QED) is 0.838. The Morgan fingerprint density at radius 2 is 2.00 bits per heavy atom. The fourth-order valence-corrected chi connectivity index (χ4v) is 1.98. The minimum atomic E-state index is -0.659. The Bertz CT molecular complexity index is 535. The van der Waals surface area contributed by atoms with E-state index in [0.717, 1.165) is 0 Å². The number of carbonyl (C=O) groups excluding carboxylic acids is 1. The van der Waals surface area contributed by atoms with E-state index < -0.39 is 12.2 Å². The molecule has 2 unspecified atom stereocenters. The Morgan fingerprint density at radius 3 is 2.55 bits per heavy atom. The van der Waals surface area contributed by atoms with Crippen molar-refractivity contribution < 1.29 is 14.6 Å². The van der Waals surface area contributed by atoms with Gasteiger partial charge in [-0.05, 0) is 31.4 Å². The normalized spacial score (nSPS) is 13.3. The van der Waals surface area contributed by atoms with Crippen molar-refractivity contribution in [2.45, 2.75) is 39.4 Å². The zero-order valence-corrected chi connectivity index (χ0v) is 13.6. The number of likely N-dealkylation sites (N-methyl/N-ethyl adjacent to an activating group) is 1. The summed E-state index contributed by atoms with van der Waals surface area (Å²) in [6.45, 7) is 5.96. The summed E-state index contributed by atoms with van der Waals surface area (Å²) in [6.07, 6.45) is -0.594. The number of ether oxygens (including phenoxy) is 1. The van der Waals surface area contributed by atoms with Crippen molar-refractivity contribution in [2.75, 3.05) is 13.6 Å². The van der Waals surface area contributed by atoms with Gasteiger partial charge in [0.25, 0.3) is 5.91 Å². The zero-order chi connectivity index (χ0) is 16.7. The summed E-state index contributed by atoms with van der Waals surface area (Å²) in [6, 6.07) is 8.95. The maximum Gasteiger partial charge on any atom is 0.263 e. The van der Waals surface area contributed by atoms with E-state index in [-0.39, 0.29) is 11.8 Å². The molecular formula is C17H24N2O3. The zero-order valence-electron chi connectivity index (χ0n) is 13.6. The highest BCUT2D eigenvalue weighted by molar-refractivity contribution is 5.81. The molecule has 5 heteroatoms. The van der Waals surface area contributed by atoms with Crippen LogP contribution in [0.1, 0.15) is 32.8 Å². The summed E-state index contributed by atoms with van der Waals surface area (Å²) < 4.78 is 5.81. The molecule has 0 spiro atoms. The van der Waals surface area contributed by atoms with Crippen LogP contribution in [0.4, 0.5) is 0 Å². The van der Waals surface area contributed by atoms with E-state index in [1.165, 1.54) is 0 Å². The fourth-order valence-electron chi connectivity index (χ4n) is 1.98. The molecule has 0 fully saturated rings. The van der Waals surface area contributed by atoms with Crippen LogP contribution in [0.3, 0.4) is 0 Å². The monoisotopic (exact) mass is 304 g/mol. The molecule has 2 atom stereocenters. The molecule has 1 N–H and O–H groups in total. The Morgan fingerprint density at radius 1 is 1.36 bits per heavy atom. The molecule has 0 aliphatic heterocycles. The van der Waals surface area contributed by atoms with Crippen molar-refractivity contribution in [1.82, 2.24) is 4.90 Å². The molecule has 1 rings (SSSR count). The Kier molecular flexibility index (Phi) is 6.87. The van der Waals surface area contributed by atoms with Crippen molar-refractivity contribution in [3.63, 3.8) is 0 Å². The maximum absolute atomic E-state index is 12.5. The number of hydrogen-bond acceptors (Lipinski definition) is 4. The average molecular weight is 304 g/mol. The van der Waals surface area contributed by atoms with Crippen LogP contribution in [-0.4, -0.2) is 41.7 Å². The fraction of sp³-hybridized carbons (Fsp3) is 0.529. The molecule has 120 valence electrons. The van der Waals surface area contributed by atoms with Crippen molar-refractivity contribution >= 4 is 5.91 Å². The first-order valence-corrected chi connectivity index (χ1v) is 7.45. The van der Waals surface area contributed by atoms with E-state index in [1.807, 2.05) is 13.8 Å². The van der Waals surface area contributed by atoms with E-state index in [2.05, 4.69) is 6.07 Å². The standard InChI is InChI=1S/C17H24N2O3/c1-12(2)16(17(21)19(4)10-9-13(3)20)22-15-8-6-5-7-14(15)11-18/h5-8,12-13,16,20H,9-10H2,1-4H3. The second kappa shape index (κ2) is 8.40. The van der Waals surface area contributed by atoms with E-state index >= 15 is 0 Å². The highest BCUT2D eigenvalue weighted by Crippen LogP contribution is 2.21. The molecule has 0 saturated heterocycles. The predicted molar refractivity (Wildman–Crippen MR) is 84.3 cm³/mol. The van der Waals surface area contributed by atoms with Crippen LogP contribution in [0.5, 0.6) is 5.75 Å². The van der Waals surface area contributed by atoms with E-state index in [1.54, 1.807) is 43.1 Å². The van der Waals surface area contributed by atoms with Crippen molar-refractivity contribution in [3.05, 3.63) is 29.8 Å². The van der Waals surface area contributed by atoms with Gasteiger partial charge >= 0.3 is 0 Å². The Labute approximate surface area is 132 Å². The number of para-hydroxylation sites is 1. The molecule has 22 heavy (non-hydrogen) atoms. The van der Waals surface area contributed by atoms with Crippen molar-refractivity contribution in [1.29, 1.82) is 5.26 Å². The van der Waals surface area contributed by atoms with E-state index in [0.29, 0.717) is 24.3 Å². The summed E-state index contributed by atoms with van der Waals surface area (Å²) in [7, 11) is 1.69. The number of carbonyl (C=O) groups is 1. The smallest absolute Gasteiger partial charge is 0.263 e. The molecule has 0 aromatic heterocycles. The number of benzene rings is 1. The number of nitrogens with zero attached hydrogens (tertiary/aromatic N) is 2. The molecule has 0 aliphatic carbocycles. The summed E-state index contributed by atoms with van der Waals surface area (Å²) >= 11 is 0. The number of hydrogen-bond donors (Lipinski definition) is 1. The van der Waals surface area contributed by atoms with Gasteiger partial charge in [-0.2, -0.15) is 5.26 Å². The van der Waals surface area contributed by atoms with E-state index in [4.69, 9.17) is 10.00 Å². The van der Waals surface area contributed by atoms with Gasteiger partial charge < -0.3 is 14.7 Å². The average Bonchev–Trinajstić information content (AvgIpc) is 2.49. The minimum Gasteiger partial charge on any atom is -0.479 e. The molecule has 0 saturated carbocycles. The number of amides is 1. The summed E-state index contributed by atoms with van der Waals surface area (Å²) in [4.78, 5) is 14.1. The number of rotatable bonds is 7. The Hall–Kier alpha value is -2.06. The van der Waals surface area contributed by atoms with Crippen LogP contribution in [0.15, 0.2) is 24.3 Å². The maximum atomic E-state index is 12.5. The largest absolute Gasteiger partial charge is 0.479 e. The van der Waals surface area contributed by atoms with Crippen LogP contribution in [0, 0.1) is 17.2 Å². The highest BCUT2D eigenvalue weighted by Gasteiger charge is 2.28. The van der Waals surface area contributed by atoms with Gasteiger partial charge in [0.1, 0.15) is 11.8 Å². The summed E-state index contributed by atoms with van der Waals surface area (Å²) in [5.41, 5.74) is 0.410. The summed E-state index contributed by atoms with van der Waals surface area (Å²) in [5.74, 6) is 0.234. The van der Waals surface area contributed by atoms with Crippen LogP contribution < -0.4 is 4.74 Å². The third-order valence-electron chi connectivity index (χ3n) is 3.37.